The van der Waals surface area contributed by atoms with Crippen molar-refractivity contribution in [3.63, 3.8) is 0 Å². The van der Waals surface area contributed by atoms with Crippen LogP contribution < -0.4 is 0 Å². The first-order valence-corrected chi connectivity index (χ1v) is 5.43. The highest BCUT2D eigenvalue weighted by Gasteiger charge is 2.25. The van der Waals surface area contributed by atoms with Gasteiger partial charge >= 0.3 is 0 Å². The molecule has 94 valence electrons. The van der Waals surface area contributed by atoms with Gasteiger partial charge in [-0.25, -0.2) is 8.78 Å². The number of ketones is 1. The number of halogens is 2. The molecule has 1 aromatic heterocycles. The number of nitrogens with zero attached hydrogens (tertiary/aromatic N) is 2. The largest absolute Gasteiger partial charge is 0.292 e. The minimum atomic E-state index is -1.23. The number of Topliss-reactive ketones (excluding diaryl/α,β-unsaturated/α-hetero) is 1. The number of hydrogen-bond acceptors (Lipinski definition) is 3. The molecule has 0 fully saturated rings. The molecule has 3 nitrogen and oxygen atoms in total. The van der Waals surface area contributed by atoms with E-state index in [1.54, 1.807) is 6.07 Å². The van der Waals surface area contributed by atoms with Crippen LogP contribution in [0.3, 0.4) is 0 Å². The normalized spacial score (nSPS) is 11.6. The Bertz CT molecular complexity index is 650. The Morgan fingerprint density at radius 3 is 2.53 bits per heavy atom. The van der Waals surface area contributed by atoms with Gasteiger partial charge in [-0.15, -0.1) is 0 Å². The summed E-state index contributed by atoms with van der Waals surface area (Å²) in [4.78, 5) is 15.9. The lowest BCUT2D eigenvalue weighted by Crippen LogP contribution is -2.13. The zero-order valence-electron chi connectivity index (χ0n) is 9.68. The fourth-order valence-electron chi connectivity index (χ4n) is 1.69. The molecule has 1 heterocycles. The summed E-state index contributed by atoms with van der Waals surface area (Å²) in [6.07, 6.45) is 2.85. The summed E-state index contributed by atoms with van der Waals surface area (Å²) in [6, 6.07) is 8.08. The van der Waals surface area contributed by atoms with E-state index in [1.807, 2.05) is 0 Å². The third-order valence-corrected chi connectivity index (χ3v) is 2.65. The molecule has 2 rings (SSSR count). The second kappa shape index (κ2) is 5.36. The second-order valence-corrected chi connectivity index (χ2v) is 3.81. The van der Waals surface area contributed by atoms with Gasteiger partial charge in [0.05, 0.1) is 11.6 Å². The van der Waals surface area contributed by atoms with E-state index in [4.69, 9.17) is 5.26 Å². The summed E-state index contributed by atoms with van der Waals surface area (Å²) in [5, 5.41) is 9.06. The fourth-order valence-corrected chi connectivity index (χ4v) is 1.69. The van der Waals surface area contributed by atoms with E-state index in [-0.39, 0.29) is 0 Å². The van der Waals surface area contributed by atoms with Crippen LogP contribution in [0.15, 0.2) is 42.7 Å². The van der Waals surface area contributed by atoms with Crippen LogP contribution in [0.1, 0.15) is 21.8 Å². The van der Waals surface area contributed by atoms with Crippen molar-refractivity contribution in [3.8, 4) is 6.07 Å². The molecule has 0 N–H and O–H groups in total. The SMILES string of the molecule is N#CC(C(=O)c1cccc(F)c1F)c1ccncc1. The lowest BCUT2D eigenvalue weighted by molar-refractivity contribution is 0.0974. The molecule has 0 radical (unpaired) electrons. The second-order valence-electron chi connectivity index (χ2n) is 3.81. The Balaban J connectivity index is 2.43. The summed E-state index contributed by atoms with van der Waals surface area (Å²) in [5.41, 5.74) is -0.0328. The minimum absolute atomic E-state index is 0.395. The van der Waals surface area contributed by atoms with E-state index in [2.05, 4.69) is 4.98 Å². The van der Waals surface area contributed by atoms with Crippen LogP contribution in [0.25, 0.3) is 0 Å². The van der Waals surface area contributed by atoms with Gasteiger partial charge in [0.2, 0.25) is 0 Å². The molecule has 2 aromatic rings. The highest BCUT2D eigenvalue weighted by molar-refractivity contribution is 6.02. The smallest absolute Gasteiger partial charge is 0.187 e. The Labute approximate surface area is 108 Å². The van der Waals surface area contributed by atoms with Crippen molar-refractivity contribution in [2.45, 2.75) is 5.92 Å². The maximum Gasteiger partial charge on any atom is 0.187 e. The number of aromatic nitrogens is 1. The summed E-state index contributed by atoms with van der Waals surface area (Å²) < 4.78 is 26.6. The minimum Gasteiger partial charge on any atom is -0.292 e. The molecule has 1 atom stereocenters. The highest BCUT2D eigenvalue weighted by atomic mass is 19.2. The van der Waals surface area contributed by atoms with Crippen LogP contribution >= 0.6 is 0 Å². The predicted molar refractivity (Wildman–Crippen MR) is 63.3 cm³/mol. The molecule has 5 heteroatoms. The van der Waals surface area contributed by atoms with Crippen LogP contribution in [-0.4, -0.2) is 10.8 Å². The third-order valence-electron chi connectivity index (χ3n) is 2.65. The standard InChI is InChI=1S/C14H8F2N2O/c15-12-3-1-2-10(13(12)16)14(19)11(8-17)9-4-6-18-7-5-9/h1-7,11H. The van der Waals surface area contributed by atoms with Gasteiger partial charge in [0.25, 0.3) is 0 Å². The molecule has 19 heavy (non-hydrogen) atoms. The Morgan fingerprint density at radius 1 is 1.21 bits per heavy atom. The fraction of sp³-hybridized carbons (Fsp3) is 0.0714. The van der Waals surface area contributed by atoms with Gasteiger partial charge in [-0.1, -0.05) is 6.07 Å². The van der Waals surface area contributed by atoms with E-state index in [9.17, 15) is 13.6 Å². The zero-order valence-corrected chi connectivity index (χ0v) is 9.68. The average molecular weight is 258 g/mol. The average Bonchev–Trinajstić information content (AvgIpc) is 2.44. The highest BCUT2D eigenvalue weighted by Crippen LogP contribution is 2.22. The number of nitriles is 1. The van der Waals surface area contributed by atoms with Crippen LogP contribution in [-0.2, 0) is 0 Å². The van der Waals surface area contributed by atoms with Crippen molar-refractivity contribution in [1.29, 1.82) is 5.26 Å². The van der Waals surface area contributed by atoms with E-state index in [0.29, 0.717) is 5.56 Å². The lowest BCUT2D eigenvalue weighted by Gasteiger charge is -2.09. The molecule has 0 saturated heterocycles. The van der Waals surface area contributed by atoms with Crippen molar-refractivity contribution in [3.05, 3.63) is 65.5 Å². The van der Waals surface area contributed by atoms with Crippen LogP contribution in [0.5, 0.6) is 0 Å². The first-order valence-electron chi connectivity index (χ1n) is 5.43. The molecule has 0 spiro atoms. The monoisotopic (exact) mass is 258 g/mol. The molecule has 0 saturated carbocycles. The van der Waals surface area contributed by atoms with Gasteiger partial charge in [0.1, 0.15) is 5.92 Å². The molecular formula is C14H8F2N2O. The van der Waals surface area contributed by atoms with Crippen LogP contribution in [0.4, 0.5) is 8.78 Å². The summed E-state index contributed by atoms with van der Waals surface area (Å²) in [6.45, 7) is 0. The summed E-state index contributed by atoms with van der Waals surface area (Å²) in [7, 11) is 0. The Kier molecular flexibility index (Phi) is 3.62. The van der Waals surface area contributed by atoms with Gasteiger partial charge in [0, 0.05) is 12.4 Å². The van der Waals surface area contributed by atoms with Crippen molar-refractivity contribution in [1.82, 2.24) is 4.98 Å². The molecule has 0 aliphatic rings. The first kappa shape index (κ1) is 12.8. The molecule has 0 aliphatic carbocycles. The molecular weight excluding hydrogens is 250 g/mol. The first-order chi connectivity index (χ1) is 9.15. The van der Waals surface area contributed by atoms with Crippen LogP contribution in [0.2, 0.25) is 0 Å². The number of rotatable bonds is 3. The number of carbonyl (C=O) groups excluding carboxylic acids is 1. The number of hydrogen-bond donors (Lipinski definition) is 0. The van der Waals surface area contributed by atoms with Crippen molar-refractivity contribution in [2.75, 3.05) is 0 Å². The Hall–Kier alpha value is -2.61. The van der Waals surface area contributed by atoms with Crippen molar-refractivity contribution in [2.24, 2.45) is 0 Å². The van der Waals surface area contributed by atoms with Crippen molar-refractivity contribution < 1.29 is 13.6 Å². The topological polar surface area (TPSA) is 53.8 Å². The van der Waals surface area contributed by atoms with E-state index < -0.39 is 28.9 Å². The van der Waals surface area contributed by atoms with Crippen molar-refractivity contribution >= 4 is 5.78 Å². The zero-order chi connectivity index (χ0) is 13.8. The molecule has 0 aliphatic heterocycles. The van der Waals surface area contributed by atoms with Crippen LogP contribution in [0, 0.1) is 23.0 Å². The quantitative estimate of drug-likeness (QED) is 0.795. The summed E-state index contributed by atoms with van der Waals surface area (Å²) in [5.74, 6) is -4.30. The number of carbonyl (C=O) groups is 1. The third kappa shape index (κ3) is 2.47. The molecule has 1 aromatic carbocycles. The number of benzene rings is 1. The maximum absolute atomic E-state index is 13.5. The Morgan fingerprint density at radius 2 is 1.89 bits per heavy atom. The maximum atomic E-state index is 13.5. The van der Waals surface area contributed by atoms with Gasteiger partial charge < -0.3 is 0 Å². The molecule has 1 unspecified atom stereocenters. The molecule has 0 bridgehead atoms. The molecule has 0 amide bonds. The summed E-state index contributed by atoms with van der Waals surface area (Å²) >= 11 is 0. The van der Waals surface area contributed by atoms with Gasteiger partial charge in [-0.05, 0) is 29.8 Å². The van der Waals surface area contributed by atoms with E-state index >= 15 is 0 Å². The van der Waals surface area contributed by atoms with E-state index in [1.165, 1.54) is 30.6 Å². The van der Waals surface area contributed by atoms with Gasteiger partial charge in [-0.3, -0.25) is 9.78 Å². The lowest BCUT2D eigenvalue weighted by atomic mass is 9.92. The predicted octanol–water partition coefficient (Wildman–Crippen LogP) is 2.85. The number of pyridine rings is 1. The van der Waals surface area contributed by atoms with E-state index in [0.717, 1.165) is 12.1 Å². The van der Waals surface area contributed by atoms with Gasteiger partial charge in [-0.2, -0.15) is 5.26 Å². The van der Waals surface area contributed by atoms with Gasteiger partial charge in [0.15, 0.2) is 17.4 Å².